The maximum absolute atomic E-state index is 13.4. The van der Waals surface area contributed by atoms with E-state index in [2.05, 4.69) is 9.97 Å². The number of rotatable bonds is 4. The molecule has 3 heterocycles. The van der Waals surface area contributed by atoms with E-state index < -0.39 is 26.7 Å². The van der Waals surface area contributed by atoms with E-state index in [1.54, 1.807) is 23.2 Å². The van der Waals surface area contributed by atoms with Crippen molar-refractivity contribution < 1.29 is 31.1 Å². The molecule has 5 rings (SSSR count). The van der Waals surface area contributed by atoms with Gasteiger partial charge in [-0.2, -0.15) is 17.5 Å². The third-order valence-electron chi connectivity index (χ3n) is 5.64. The summed E-state index contributed by atoms with van der Waals surface area (Å²) >= 11 is 0. The molecule has 0 unspecified atom stereocenters. The second-order valence-corrected chi connectivity index (χ2v) is 9.60. The van der Waals surface area contributed by atoms with Gasteiger partial charge in [-0.1, -0.05) is 12.1 Å². The fourth-order valence-corrected chi connectivity index (χ4v) is 5.55. The highest BCUT2D eigenvalue weighted by Gasteiger charge is 2.39. The van der Waals surface area contributed by atoms with E-state index in [0.717, 1.165) is 22.0 Å². The Hall–Kier alpha value is -3.38. The normalized spacial score (nSPS) is 16.6. The molecule has 2 aliphatic rings. The fourth-order valence-electron chi connectivity index (χ4n) is 3.91. The van der Waals surface area contributed by atoms with Gasteiger partial charge in [0.25, 0.3) is 0 Å². The summed E-state index contributed by atoms with van der Waals surface area (Å²) in [5.41, 5.74) is 0.285. The van der Waals surface area contributed by atoms with E-state index in [4.69, 9.17) is 9.47 Å². The molecule has 2 aliphatic heterocycles. The van der Waals surface area contributed by atoms with E-state index in [9.17, 15) is 21.6 Å². The summed E-state index contributed by atoms with van der Waals surface area (Å²) in [5.74, 6) is 1.68. The molecule has 0 saturated carbocycles. The van der Waals surface area contributed by atoms with Crippen molar-refractivity contribution >= 4 is 16.0 Å². The Morgan fingerprint density at radius 1 is 0.912 bits per heavy atom. The van der Waals surface area contributed by atoms with E-state index in [1.165, 1.54) is 12.1 Å². The highest BCUT2D eigenvalue weighted by molar-refractivity contribution is 7.89. The molecular weight excluding hydrogens is 473 g/mol. The minimum absolute atomic E-state index is 0.00609. The van der Waals surface area contributed by atoms with Crippen molar-refractivity contribution in [1.82, 2.24) is 14.3 Å². The summed E-state index contributed by atoms with van der Waals surface area (Å²) in [7, 11) is -4.32. The standard InChI is InChI=1S/C22H19F3N4O4S/c23-22(24,25)16-3-1-2-4-20(16)34(30,31)29-11-9-28(10-12-29)21-26-8-7-17(27-21)15-5-6-18-19(13-15)33-14-32-18/h1-8,13H,9-12,14H2. The highest BCUT2D eigenvalue weighted by Crippen LogP contribution is 2.37. The summed E-state index contributed by atoms with van der Waals surface area (Å²) in [6.45, 7) is 0.642. The van der Waals surface area contributed by atoms with Crippen molar-refractivity contribution in [2.24, 2.45) is 0 Å². The zero-order valence-electron chi connectivity index (χ0n) is 17.7. The van der Waals surface area contributed by atoms with Gasteiger partial charge in [-0.25, -0.2) is 18.4 Å². The zero-order chi connectivity index (χ0) is 23.9. The number of fused-ring (bicyclic) bond motifs is 1. The molecule has 0 atom stereocenters. The van der Waals surface area contributed by atoms with E-state index in [1.807, 2.05) is 12.1 Å². The minimum atomic E-state index is -4.77. The second kappa shape index (κ2) is 8.44. The number of halogens is 3. The molecule has 0 radical (unpaired) electrons. The third-order valence-corrected chi connectivity index (χ3v) is 7.60. The Kier molecular flexibility index (Phi) is 5.56. The number of alkyl halides is 3. The molecule has 178 valence electrons. The zero-order valence-corrected chi connectivity index (χ0v) is 18.5. The van der Waals surface area contributed by atoms with Crippen LogP contribution >= 0.6 is 0 Å². The van der Waals surface area contributed by atoms with Gasteiger partial charge in [-0.15, -0.1) is 0 Å². The SMILES string of the molecule is O=S(=O)(c1ccccc1C(F)(F)F)N1CCN(c2nccc(-c3ccc4c(c3)OCO4)n2)CC1. The average Bonchev–Trinajstić information content (AvgIpc) is 3.32. The number of aromatic nitrogens is 2. The van der Waals surface area contributed by atoms with E-state index in [0.29, 0.717) is 23.1 Å². The smallest absolute Gasteiger partial charge is 0.417 e. The van der Waals surface area contributed by atoms with Crippen LogP contribution in [0.5, 0.6) is 11.5 Å². The third kappa shape index (κ3) is 4.14. The molecule has 0 amide bonds. The van der Waals surface area contributed by atoms with Gasteiger partial charge in [0, 0.05) is 37.9 Å². The summed E-state index contributed by atoms with van der Waals surface area (Å²) in [6.07, 6.45) is -3.17. The van der Waals surface area contributed by atoms with E-state index >= 15 is 0 Å². The first-order chi connectivity index (χ1) is 16.2. The predicted molar refractivity (Wildman–Crippen MR) is 116 cm³/mol. The lowest BCUT2D eigenvalue weighted by molar-refractivity contribution is -0.139. The van der Waals surface area contributed by atoms with Crippen molar-refractivity contribution in [2.45, 2.75) is 11.1 Å². The van der Waals surface area contributed by atoms with Gasteiger partial charge in [0.2, 0.25) is 22.8 Å². The molecule has 2 aromatic carbocycles. The quantitative estimate of drug-likeness (QED) is 0.552. The second-order valence-electron chi connectivity index (χ2n) is 7.69. The fraction of sp³-hybridized carbons (Fsp3) is 0.273. The summed E-state index contributed by atoms with van der Waals surface area (Å²) in [5, 5.41) is 0. The number of nitrogens with zero attached hydrogens (tertiary/aromatic N) is 4. The molecule has 1 saturated heterocycles. The van der Waals surface area contributed by atoms with Crippen molar-refractivity contribution in [3.63, 3.8) is 0 Å². The van der Waals surface area contributed by atoms with Crippen molar-refractivity contribution in [3.05, 3.63) is 60.3 Å². The first-order valence-electron chi connectivity index (χ1n) is 10.4. The van der Waals surface area contributed by atoms with Crippen molar-refractivity contribution in [2.75, 3.05) is 37.9 Å². The highest BCUT2D eigenvalue weighted by atomic mass is 32.2. The van der Waals surface area contributed by atoms with Gasteiger partial charge in [0.05, 0.1) is 16.2 Å². The molecule has 3 aromatic rings. The topological polar surface area (TPSA) is 84.9 Å². The van der Waals surface area contributed by atoms with Gasteiger partial charge in [0.1, 0.15) is 0 Å². The maximum Gasteiger partial charge on any atom is 0.417 e. The molecule has 0 spiro atoms. The van der Waals surface area contributed by atoms with Crippen LogP contribution in [-0.2, 0) is 16.2 Å². The van der Waals surface area contributed by atoms with Crippen LogP contribution < -0.4 is 14.4 Å². The van der Waals surface area contributed by atoms with Crippen molar-refractivity contribution in [3.8, 4) is 22.8 Å². The number of piperazine rings is 1. The maximum atomic E-state index is 13.4. The van der Waals surface area contributed by atoms with Crippen LogP contribution in [0.15, 0.2) is 59.6 Å². The number of benzene rings is 2. The lowest BCUT2D eigenvalue weighted by Gasteiger charge is -2.34. The van der Waals surface area contributed by atoms with Crippen LogP contribution in [0.2, 0.25) is 0 Å². The number of hydrogen-bond donors (Lipinski definition) is 0. The molecule has 12 heteroatoms. The van der Waals surface area contributed by atoms with Gasteiger partial charge >= 0.3 is 6.18 Å². The Labute approximate surface area is 193 Å². The van der Waals surface area contributed by atoms with Crippen LogP contribution in [0.4, 0.5) is 19.1 Å². The molecule has 0 aliphatic carbocycles. The van der Waals surface area contributed by atoms with Gasteiger partial charge in [-0.05, 0) is 36.4 Å². The van der Waals surface area contributed by atoms with Crippen molar-refractivity contribution in [1.29, 1.82) is 0 Å². The summed E-state index contributed by atoms with van der Waals surface area (Å²) in [4.78, 5) is 9.95. The Morgan fingerprint density at radius 2 is 1.65 bits per heavy atom. The summed E-state index contributed by atoms with van der Waals surface area (Å²) < 4.78 is 77.8. The number of hydrogen-bond acceptors (Lipinski definition) is 7. The van der Waals surface area contributed by atoms with Crippen LogP contribution in [0.25, 0.3) is 11.3 Å². The predicted octanol–water partition coefficient (Wildman–Crippen LogP) is 3.40. The molecule has 1 aromatic heterocycles. The molecule has 0 bridgehead atoms. The minimum Gasteiger partial charge on any atom is -0.454 e. The monoisotopic (exact) mass is 492 g/mol. The Morgan fingerprint density at radius 3 is 2.41 bits per heavy atom. The van der Waals surface area contributed by atoms with Crippen LogP contribution in [0.1, 0.15) is 5.56 Å². The average molecular weight is 492 g/mol. The summed E-state index contributed by atoms with van der Waals surface area (Å²) in [6, 6.07) is 11.4. The first kappa shape index (κ1) is 22.4. The lowest BCUT2D eigenvalue weighted by Crippen LogP contribution is -2.49. The Bertz CT molecular complexity index is 1330. The lowest BCUT2D eigenvalue weighted by atomic mass is 10.1. The van der Waals surface area contributed by atoms with Crippen LogP contribution in [-0.4, -0.2) is 55.7 Å². The van der Waals surface area contributed by atoms with Crippen LogP contribution in [0.3, 0.4) is 0 Å². The first-order valence-corrected chi connectivity index (χ1v) is 11.8. The largest absolute Gasteiger partial charge is 0.454 e. The van der Waals surface area contributed by atoms with Gasteiger partial charge in [-0.3, -0.25) is 0 Å². The molecule has 0 N–H and O–H groups in total. The van der Waals surface area contributed by atoms with Gasteiger partial charge < -0.3 is 14.4 Å². The van der Waals surface area contributed by atoms with E-state index in [-0.39, 0.29) is 33.0 Å². The number of sulfonamides is 1. The molecule has 8 nitrogen and oxygen atoms in total. The Balaban J connectivity index is 1.33. The molecule has 1 fully saturated rings. The molecule has 34 heavy (non-hydrogen) atoms. The number of ether oxygens (including phenoxy) is 2. The number of anilines is 1. The van der Waals surface area contributed by atoms with Gasteiger partial charge in [0.15, 0.2) is 11.5 Å². The molecular formula is C22H19F3N4O4S. The van der Waals surface area contributed by atoms with Crippen LogP contribution in [0, 0.1) is 0 Å².